The van der Waals surface area contributed by atoms with Crippen molar-refractivity contribution in [3.8, 4) is 0 Å². The Labute approximate surface area is 132 Å². The zero-order valence-corrected chi connectivity index (χ0v) is 14.0. The van der Waals surface area contributed by atoms with Crippen LogP contribution in [0.5, 0.6) is 0 Å². The molecule has 22 heavy (non-hydrogen) atoms. The fourth-order valence-corrected chi connectivity index (χ4v) is 4.48. The largest absolute Gasteiger partial charge is 0.357 e. The Morgan fingerprint density at radius 1 is 1.32 bits per heavy atom. The van der Waals surface area contributed by atoms with Crippen molar-refractivity contribution in [1.29, 1.82) is 0 Å². The molecular formula is C14H26N4O3S. The van der Waals surface area contributed by atoms with Gasteiger partial charge >= 0.3 is 0 Å². The number of rotatable bonds is 5. The molecule has 2 rings (SSSR count). The first kappa shape index (κ1) is 17.1. The number of hydrogen-bond acceptors (Lipinski definition) is 4. The molecule has 7 nitrogen and oxygen atoms in total. The summed E-state index contributed by atoms with van der Waals surface area (Å²) in [5.74, 6) is 1.14. The molecule has 0 aromatic heterocycles. The van der Waals surface area contributed by atoms with E-state index in [0.717, 1.165) is 25.9 Å². The maximum atomic E-state index is 12.0. The minimum Gasteiger partial charge on any atom is -0.357 e. The third kappa shape index (κ3) is 5.15. The van der Waals surface area contributed by atoms with Crippen LogP contribution in [-0.4, -0.2) is 68.9 Å². The van der Waals surface area contributed by atoms with Crippen LogP contribution in [0.4, 0.5) is 0 Å². The molecule has 2 saturated heterocycles. The Bertz CT molecular complexity index is 512. The number of likely N-dealkylation sites (tertiary alicyclic amines) is 1. The molecule has 0 radical (unpaired) electrons. The standard InChI is InChI=1S/C14H26N4O3S/c1-2-15-14(17-12-6-10-22(20,21)11-12)16-7-5-13(19)18-8-3-4-9-18/h12H,2-11H2,1H3,(H2,15,16,17). The van der Waals surface area contributed by atoms with E-state index in [9.17, 15) is 13.2 Å². The minimum absolute atomic E-state index is 0.0860. The van der Waals surface area contributed by atoms with Gasteiger partial charge in [0.25, 0.3) is 0 Å². The molecule has 1 amide bonds. The molecule has 0 aliphatic carbocycles. The lowest BCUT2D eigenvalue weighted by Gasteiger charge is -2.17. The van der Waals surface area contributed by atoms with Crippen LogP contribution in [0.1, 0.15) is 32.6 Å². The third-order valence-electron chi connectivity index (χ3n) is 3.97. The number of carbonyl (C=O) groups is 1. The SMILES string of the molecule is CCNC(=NCCC(=O)N1CCCC1)NC1CCS(=O)(=O)C1. The second kappa shape index (κ2) is 7.80. The molecule has 2 aliphatic rings. The molecule has 0 aromatic carbocycles. The van der Waals surface area contributed by atoms with Crippen LogP contribution < -0.4 is 10.6 Å². The molecule has 8 heteroatoms. The molecule has 2 aliphatic heterocycles. The number of amides is 1. The van der Waals surface area contributed by atoms with E-state index >= 15 is 0 Å². The van der Waals surface area contributed by atoms with Crippen molar-refractivity contribution in [2.45, 2.75) is 38.6 Å². The number of sulfone groups is 1. The van der Waals surface area contributed by atoms with Gasteiger partial charge < -0.3 is 15.5 Å². The molecule has 126 valence electrons. The number of aliphatic imine (C=N–C) groups is 1. The van der Waals surface area contributed by atoms with Gasteiger partial charge in [-0.05, 0) is 26.2 Å². The second-order valence-corrected chi connectivity index (χ2v) is 8.07. The van der Waals surface area contributed by atoms with E-state index in [2.05, 4.69) is 15.6 Å². The Hall–Kier alpha value is -1.31. The first-order valence-electron chi connectivity index (χ1n) is 8.03. The van der Waals surface area contributed by atoms with Crippen LogP contribution in [0.25, 0.3) is 0 Å². The second-order valence-electron chi connectivity index (χ2n) is 5.84. The quantitative estimate of drug-likeness (QED) is 0.535. The molecule has 2 heterocycles. The summed E-state index contributed by atoms with van der Waals surface area (Å²) in [7, 11) is -2.91. The van der Waals surface area contributed by atoms with Gasteiger partial charge in [0.1, 0.15) is 0 Å². The van der Waals surface area contributed by atoms with Gasteiger partial charge in [-0.2, -0.15) is 0 Å². The van der Waals surface area contributed by atoms with E-state index in [1.54, 1.807) is 0 Å². The van der Waals surface area contributed by atoms with E-state index in [0.29, 0.717) is 31.9 Å². The van der Waals surface area contributed by atoms with Crippen molar-refractivity contribution in [3.63, 3.8) is 0 Å². The van der Waals surface area contributed by atoms with Gasteiger partial charge in [0.15, 0.2) is 15.8 Å². The smallest absolute Gasteiger partial charge is 0.224 e. The number of hydrogen-bond donors (Lipinski definition) is 2. The van der Waals surface area contributed by atoms with Crippen LogP contribution in [0.15, 0.2) is 4.99 Å². The van der Waals surface area contributed by atoms with E-state index in [-0.39, 0.29) is 23.5 Å². The summed E-state index contributed by atoms with van der Waals surface area (Å²) in [4.78, 5) is 18.2. The van der Waals surface area contributed by atoms with Crippen LogP contribution in [-0.2, 0) is 14.6 Å². The van der Waals surface area contributed by atoms with Crippen molar-refractivity contribution in [1.82, 2.24) is 15.5 Å². The van der Waals surface area contributed by atoms with Crippen LogP contribution in [0.2, 0.25) is 0 Å². The third-order valence-corrected chi connectivity index (χ3v) is 5.74. The highest BCUT2D eigenvalue weighted by Gasteiger charge is 2.28. The van der Waals surface area contributed by atoms with Gasteiger partial charge in [0, 0.05) is 32.1 Å². The Balaban J connectivity index is 1.80. The normalized spacial score (nSPS) is 24.5. The number of nitrogens with one attached hydrogen (secondary N) is 2. The molecule has 2 fully saturated rings. The minimum atomic E-state index is -2.91. The molecule has 0 spiro atoms. The summed E-state index contributed by atoms with van der Waals surface area (Å²) >= 11 is 0. The highest BCUT2D eigenvalue weighted by molar-refractivity contribution is 7.91. The van der Waals surface area contributed by atoms with Gasteiger partial charge in [-0.3, -0.25) is 9.79 Å². The lowest BCUT2D eigenvalue weighted by Crippen LogP contribution is -2.44. The van der Waals surface area contributed by atoms with Crippen molar-refractivity contribution in [2.24, 2.45) is 4.99 Å². The maximum Gasteiger partial charge on any atom is 0.224 e. The maximum absolute atomic E-state index is 12.0. The summed E-state index contributed by atoms with van der Waals surface area (Å²) in [6.07, 6.45) is 3.20. The average Bonchev–Trinajstić information content (AvgIpc) is 3.08. The summed E-state index contributed by atoms with van der Waals surface area (Å²) in [5, 5.41) is 6.25. The van der Waals surface area contributed by atoms with Crippen LogP contribution >= 0.6 is 0 Å². The first-order valence-corrected chi connectivity index (χ1v) is 9.85. The number of carbonyl (C=O) groups excluding carboxylic acids is 1. The van der Waals surface area contributed by atoms with Crippen molar-refractivity contribution in [2.75, 3.05) is 37.7 Å². The summed E-state index contributed by atoms with van der Waals surface area (Å²) in [6.45, 7) is 4.80. The van der Waals surface area contributed by atoms with Crippen LogP contribution in [0.3, 0.4) is 0 Å². The van der Waals surface area contributed by atoms with E-state index in [1.165, 1.54) is 0 Å². The van der Waals surface area contributed by atoms with Gasteiger partial charge in [0.05, 0.1) is 18.1 Å². The molecule has 0 aromatic rings. The molecule has 0 bridgehead atoms. The van der Waals surface area contributed by atoms with Crippen molar-refractivity contribution in [3.05, 3.63) is 0 Å². The summed E-state index contributed by atoms with van der Waals surface area (Å²) in [6, 6.07) is -0.0860. The highest BCUT2D eigenvalue weighted by Crippen LogP contribution is 2.11. The van der Waals surface area contributed by atoms with Gasteiger partial charge in [-0.15, -0.1) is 0 Å². The number of nitrogens with zero attached hydrogens (tertiary/aromatic N) is 2. The van der Waals surface area contributed by atoms with Crippen molar-refractivity contribution < 1.29 is 13.2 Å². The van der Waals surface area contributed by atoms with Crippen molar-refractivity contribution >= 4 is 21.7 Å². The van der Waals surface area contributed by atoms with E-state index in [1.807, 2.05) is 11.8 Å². The highest BCUT2D eigenvalue weighted by atomic mass is 32.2. The van der Waals surface area contributed by atoms with Gasteiger partial charge in [-0.25, -0.2) is 8.42 Å². The summed E-state index contributed by atoms with van der Waals surface area (Å²) < 4.78 is 23.0. The van der Waals surface area contributed by atoms with Gasteiger partial charge in [-0.1, -0.05) is 0 Å². The molecule has 0 saturated carbocycles. The Morgan fingerprint density at radius 3 is 2.64 bits per heavy atom. The van der Waals surface area contributed by atoms with E-state index in [4.69, 9.17) is 0 Å². The zero-order chi connectivity index (χ0) is 16.0. The fraction of sp³-hybridized carbons (Fsp3) is 0.857. The lowest BCUT2D eigenvalue weighted by atomic mass is 10.3. The number of guanidine groups is 1. The average molecular weight is 330 g/mol. The van der Waals surface area contributed by atoms with Gasteiger partial charge in [0.2, 0.25) is 5.91 Å². The monoisotopic (exact) mass is 330 g/mol. The molecular weight excluding hydrogens is 304 g/mol. The van der Waals surface area contributed by atoms with Crippen LogP contribution in [0, 0.1) is 0 Å². The summed E-state index contributed by atoms with van der Waals surface area (Å²) in [5.41, 5.74) is 0. The Morgan fingerprint density at radius 2 is 2.05 bits per heavy atom. The fourth-order valence-electron chi connectivity index (χ4n) is 2.81. The predicted octanol–water partition coefficient (Wildman–Crippen LogP) is -0.259. The topological polar surface area (TPSA) is 90.9 Å². The predicted molar refractivity (Wildman–Crippen MR) is 86.6 cm³/mol. The Kier molecular flexibility index (Phi) is 6.05. The first-order chi connectivity index (χ1) is 10.5. The zero-order valence-electron chi connectivity index (χ0n) is 13.2. The van der Waals surface area contributed by atoms with E-state index < -0.39 is 9.84 Å². The molecule has 1 unspecified atom stereocenters. The molecule has 1 atom stereocenters. The lowest BCUT2D eigenvalue weighted by molar-refractivity contribution is -0.129. The molecule has 2 N–H and O–H groups in total.